The summed E-state index contributed by atoms with van der Waals surface area (Å²) in [4.78, 5) is 0. The van der Waals surface area contributed by atoms with Gasteiger partial charge in [0.15, 0.2) is 0 Å². The van der Waals surface area contributed by atoms with Crippen molar-refractivity contribution >= 4 is 28.2 Å². The molecule has 0 aliphatic rings. The van der Waals surface area contributed by atoms with Gasteiger partial charge in [-0.3, -0.25) is 0 Å². The van der Waals surface area contributed by atoms with Crippen LogP contribution >= 0.6 is 23.2 Å². The topological polar surface area (TPSA) is 23.8 Å². The molecule has 0 unspecified atom stereocenters. The lowest BCUT2D eigenvalue weighted by Crippen LogP contribution is -1.83. The maximum atomic E-state index is 12.9. The SMILES string of the molecule is N#C/C=C(\Cl)c1cccc(F)c1Cl. The summed E-state index contributed by atoms with van der Waals surface area (Å²) < 4.78 is 12.9. The molecular weight excluding hydrogens is 212 g/mol. The quantitative estimate of drug-likeness (QED) is 0.658. The van der Waals surface area contributed by atoms with Gasteiger partial charge in [-0.1, -0.05) is 35.3 Å². The van der Waals surface area contributed by atoms with Crippen molar-refractivity contribution in [3.8, 4) is 6.07 Å². The number of halogens is 3. The Morgan fingerprint density at radius 3 is 2.85 bits per heavy atom. The third-order valence-electron chi connectivity index (χ3n) is 1.40. The molecule has 4 heteroatoms. The average molecular weight is 216 g/mol. The highest BCUT2D eigenvalue weighted by Gasteiger charge is 2.07. The van der Waals surface area contributed by atoms with E-state index in [-0.39, 0.29) is 10.1 Å². The second-order valence-electron chi connectivity index (χ2n) is 2.22. The van der Waals surface area contributed by atoms with Gasteiger partial charge in [0, 0.05) is 11.6 Å². The Morgan fingerprint density at radius 2 is 2.23 bits per heavy atom. The molecule has 66 valence electrons. The van der Waals surface area contributed by atoms with Crippen LogP contribution in [0.15, 0.2) is 24.3 Å². The van der Waals surface area contributed by atoms with Crippen molar-refractivity contribution in [2.24, 2.45) is 0 Å². The van der Waals surface area contributed by atoms with E-state index in [1.165, 1.54) is 12.1 Å². The largest absolute Gasteiger partial charge is 0.205 e. The van der Waals surface area contributed by atoms with E-state index in [2.05, 4.69) is 0 Å². The van der Waals surface area contributed by atoms with E-state index in [0.29, 0.717) is 5.56 Å². The summed E-state index contributed by atoms with van der Waals surface area (Å²) in [5.74, 6) is -0.552. The summed E-state index contributed by atoms with van der Waals surface area (Å²) in [5, 5.41) is 8.37. The molecule has 0 bridgehead atoms. The van der Waals surface area contributed by atoms with Crippen LogP contribution in [0.5, 0.6) is 0 Å². The number of rotatable bonds is 1. The van der Waals surface area contributed by atoms with E-state index in [0.717, 1.165) is 6.08 Å². The van der Waals surface area contributed by atoms with Gasteiger partial charge in [0.05, 0.1) is 16.1 Å². The third-order valence-corrected chi connectivity index (χ3v) is 2.10. The van der Waals surface area contributed by atoms with Crippen molar-refractivity contribution < 1.29 is 4.39 Å². The molecule has 1 aromatic rings. The summed E-state index contributed by atoms with van der Waals surface area (Å²) in [5.41, 5.74) is 0.324. The number of hydrogen-bond donors (Lipinski definition) is 0. The summed E-state index contributed by atoms with van der Waals surface area (Å²) >= 11 is 11.3. The Morgan fingerprint density at radius 1 is 1.54 bits per heavy atom. The zero-order chi connectivity index (χ0) is 9.84. The first-order valence-corrected chi connectivity index (χ1v) is 4.12. The highest BCUT2D eigenvalue weighted by molar-refractivity contribution is 6.50. The lowest BCUT2D eigenvalue weighted by atomic mass is 10.2. The van der Waals surface area contributed by atoms with Gasteiger partial charge in [-0.25, -0.2) is 4.39 Å². The predicted octanol–water partition coefficient (Wildman–Crippen LogP) is 3.58. The van der Waals surface area contributed by atoms with Gasteiger partial charge < -0.3 is 0 Å². The molecule has 0 N–H and O–H groups in total. The van der Waals surface area contributed by atoms with Crippen LogP contribution in [-0.4, -0.2) is 0 Å². The Labute approximate surface area is 85.0 Å². The van der Waals surface area contributed by atoms with Crippen LogP contribution in [0.2, 0.25) is 5.02 Å². The third kappa shape index (κ3) is 2.21. The van der Waals surface area contributed by atoms with Gasteiger partial charge >= 0.3 is 0 Å². The number of hydrogen-bond acceptors (Lipinski definition) is 1. The molecule has 0 aliphatic carbocycles. The molecule has 1 nitrogen and oxygen atoms in total. The van der Waals surface area contributed by atoms with Crippen LogP contribution in [0.3, 0.4) is 0 Å². The predicted molar refractivity (Wildman–Crippen MR) is 50.9 cm³/mol. The van der Waals surface area contributed by atoms with Gasteiger partial charge in [0.1, 0.15) is 5.82 Å². The normalized spacial score (nSPS) is 11.1. The van der Waals surface area contributed by atoms with Crippen molar-refractivity contribution in [1.29, 1.82) is 5.26 Å². The Balaban J connectivity index is 3.25. The van der Waals surface area contributed by atoms with E-state index in [4.69, 9.17) is 28.5 Å². The molecule has 0 spiro atoms. The monoisotopic (exact) mass is 215 g/mol. The molecule has 0 fully saturated rings. The average Bonchev–Trinajstić information content (AvgIpc) is 2.10. The molecular formula is C9H4Cl2FN. The molecule has 13 heavy (non-hydrogen) atoms. The maximum absolute atomic E-state index is 12.9. The fraction of sp³-hybridized carbons (Fsp3) is 0. The fourth-order valence-electron chi connectivity index (χ4n) is 0.823. The Bertz CT molecular complexity index is 393. The first kappa shape index (κ1) is 10.0. The van der Waals surface area contributed by atoms with Crippen molar-refractivity contribution in [3.63, 3.8) is 0 Å². The van der Waals surface area contributed by atoms with Crippen LogP contribution < -0.4 is 0 Å². The first-order valence-electron chi connectivity index (χ1n) is 3.36. The maximum Gasteiger partial charge on any atom is 0.142 e. The molecule has 0 atom stereocenters. The van der Waals surface area contributed by atoms with E-state index < -0.39 is 5.82 Å². The Hall–Kier alpha value is -1.04. The highest BCUT2D eigenvalue weighted by Crippen LogP contribution is 2.28. The van der Waals surface area contributed by atoms with Gasteiger partial charge in [0.2, 0.25) is 0 Å². The lowest BCUT2D eigenvalue weighted by molar-refractivity contribution is 0.628. The van der Waals surface area contributed by atoms with Crippen LogP contribution in [0, 0.1) is 17.1 Å². The summed E-state index contributed by atoms with van der Waals surface area (Å²) in [6.07, 6.45) is 1.10. The van der Waals surface area contributed by atoms with Gasteiger partial charge in [0.25, 0.3) is 0 Å². The summed E-state index contributed by atoms with van der Waals surface area (Å²) in [7, 11) is 0. The van der Waals surface area contributed by atoms with E-state index >= 15 is 0 Å². The molecule has 0 aromatic heterocycles. The van der Waals surface area contributed by atoms with Crippen molar-refractivity contribution in [1.82, 2.24) is 0 Å². The molecule has 0 aliphatic heterocycles. The number of nitrogens with zero attached hydrogens (tertiary/aromatic N) is 1. The molecule has 0 saturated heterocycles. The zero-order valence-electron chi connectivity index (χ0n) is 6.39. The van der Waals surface area contributed by atoms with E-state index in [1.54, 1.807) is 12.1 Å². The molecule has 0 saturated carbocycles. The van der Waals surface area contributed by atoms with Gasteiger partial charge in [-0.2, -0.15) is 5.26 Å². The zero-order valence-corrected chi connectivity index (χ0v) is 7.90. The van der Waals surface area contributed by atoms with Crippen molar-refractivity contribution in [2.75, 3.05) is 0 Å². The highest BCUT2D eigenvalue weighted by atomic mass is 35.5. The molecule has 0 heterocycles. The number of benzene rings is 1. The Kier molecular flexibility index (Phi) is 3.30. The minimum Gasteiger partial charge on any atom is -0.205 e. The summed E-state index contributed by atoms with van der Waals surface area (Å²) in [6, 6.07) is 5.98. The molecule has 1 rings (SSSR count). The summed E-state index contributed by atoms with van der Waals surface area (Å²) in [6.45, 7) is 0. The van der Waals surface area contributed by atoms with Crippen molar-refractivity contribution in [3.05, 3.63) is 40.7 Å². The van der Waals surface area contributed by atoms with Crippen LogP contribution in [0.1, 0.15) is 5.56 Å². The number of allylic oxidation sites excluding steroid dienone is 1. The van der Waals surface area contributed by atoms with Gasteiger partial charge in [-0.15, -0.1) is 0 Å². The van der Waals surface area contributed by atoms with E-state index in [1.807, 2.05) is 0 Å². The van der Waals surface area contributed by atoms with Crippen LogP contribution in [0.25, 0.3) is 5.03 Å². The second-order valence-corrected chi connectivity index (χ2v) is 3.01. The van der Waals surface area contributed by atoms with Crippen molar-refractivity contribution in [2.45, 2.75) is 0 Å². The van der Waals surface area contributed by atoms with E-state index in [9.17, 15) is 4.39 Å². The molecule has 0 radical (unpaired) electrons. The minimum atomic E-state index is -0.552. The number of nitriles is 1. The minimum absolute atomic E-state index is 0.0704. The fourth-order valence-corrected chi connectivity index (χ4v) is 1.31. The van der Waals surface area contributed by atoms with Gasteiger partial charge in [-0.05, 0) is 6.07 Å². The van der Waals surface area contributed by atoms with Crippen LogP contribution in [0.4, 0.5) is 4.39 Å². The van der Waals surface area contributed by atoms with Crippen LogP contribution in [-0.2, 0) is 0 Å². The lowest BCUT2D eigenvalue weighted by Gasteiger charge is -2.01. The second kappa shape index (κ2) is 4.27. The smallest absolute Gasteiger partial charge is 0.142 e. The molecule has 0 amide bonds. The standard InChI is InChI=1S/C9H4Cl2FN/c10-7(4-5-13)6-2-1-3-8(12)9(6)11/h1-4H/b7-4-. The first-order chi connectivity index (χ1) is 6.16. The molecule has 1 aromatic carbocycles.